The average Bonchev–Trinajstić information content (AvgIpc) is 2.57. The summed E-state index contributed by atoms with van der Waals surface area (Å²) in [6, 6.07) is 11.4. The van der Waals surface area contributed by atoms with E-state index in [1.807, 2.05) is 0 Å². The number of benzene rings is 2. The quantitative estimate of drug-likeness (QED) is 0.559. The predicted molar refractivity (Wildman–Crippen MR) is 87.8 cm³/mol. The van der Waals surface area contributed by atoms with E-state index in [1.54, 1.807) is 12.1 Å². The van der Waals surface area contributed by atoms with Crippen LogP contribution in [0.25, 0.3) is 11.3 Å². The Bertz CT molecular complexity index is 960. The van der Waals surface area contributed by atoms with Crippen molar-refractivity contribution in [2.45, 2.75) is 6.18 Å². The fourth-order valence-electron chi connectivity index (χ4n) is 2.21. The number of hydrogen-bond donors (Lipinski definition) is 1. The van der Waals surface area contributed by atoms with Gasteiger partial charge in [0.2, 0.25) is 5.88 Å². The Morgan fingerprint density at radius 2 is 1.77 bits per heavy atom. The summed E-state index contributed by atoms with van der Waals surface area (Å²) in [5.74, 6) is -1.10. The molecule has 0 atom stereocenters. The number of phenolic OH excluding ortho intramolecular Hbond substituents is 1. The molecule has 0 amide bonds. The molecule has 0 aliphatic rings. The van der Waals surface area contributed by atoms with Gasteiger partial charge in [-0.05, 0) is 30.3 Å². The molecule has 0 saturated carbocycles. The van der Waals surface area contributed by atoms with Gasteiger partial charge in [-0.25, -0.2) is 9.37 Å². The Morgan fingerprint density at radius 3 is 2.42 bits per heavy atom. The molecule has 0 unspecified atom stereocenters. The molecule has 3 nitrogen and oxygen atoms in total. The maximum absolute atomic E-state index is 13.1. The summed E-state index contributed by atoms with van der Waals surface area (Å²) in [7, 11) is 0. The predicted octanol–water partition coefficient (Wildman–Crippen LogP) is 6.06. The summed E-state index contributed by atoms with van der Waals surface area (Å²) in [4.78, 5) is 4.19. The van der Waals surface area contributed by atoms with Gasteiger partial charge in [0.1, 0.15) is 5.75 Å². The van der Waals surface area contributed by atoms with E-state index in [4.69, 9.17) is 16.3 Å². The summed E-state index contributed by atoms with van der Waals surface area (Å²) < 4.78 is 56.8. The van der Waals surface area contributed by atoms with E-state index in [2.05, 4.69) is 4.98 Å². The lowest BCUT2D eigenvalue weighted by Gasteiger charge is -2.11. The lowest BCUT2D eigenvalue weighted by atomic mass is 10.1. The monoisotopic (exact) mass is 383 g/mol. The summed E-state index contributed by atoms with van der Waals surface area (Å²) in [5.41, 5.74) is -0.225. The molecule has 26 heavy (non-hydrogen) atoms. The van der Waals surface area contributed by atoms with E-state index in [0.29, 0.717) is 11.3 Å². The molecule has 3 aromatic rings. The van der Waals surface area contributed by atoms with E-state index in [9.17, 15) is 22.7 Å². The first-order chi connectivity index (χ1) is 12.2. The maximum atomic E-state index is 13.1. The number of nitrogens with zero attached hydrogens (tertiary/aromatic N) is 1. The van der Waals surface area contributed by atoms with Crippen molar-refractivity contribution in [2.75, 3.05) is 0 Å². The first-order valence-corrected chi connectivity index (χ1v) is 7.62. The Morgan fingerprint density at radius 1 is 1.00 bits per heavy atom. The van der Waals surface area contributed by atoms with Crippen molar-refractivity contribution in [1.29, 1.82) is 0 Å². The number of halogens is 5. The maximum Gasteiger partial charge on any atom is 0.417 e. The van der Waals surface area contributed by atoms with Gasteiger partial charge in [0.05, 0.1) is 16.3 Å². The molecule has 0 radical (unpaired) electrons. The van der Waals surface area contributed by atoms with Gasteiger partial charge in [-0.2, -0.15) is 13.2 Å². The van der Waals surface area contributed by atoms with Crippen LogP contribution in [0.15, 0.2) is 54.6 Å². The molecule has 2 aromatic carbocycles. The van der Waals surface area contributed by atoms with Gasteiger partial charge in [-0.3, -0.25) is 0 Å². The second-order valence-corrected chi connectivity index (χ2v) is 5.68. The van der Waals surface area contributed by atoms with Crippen molar-refractivity contribution in [2.24, 2.45) is 0 Å². The van der Waals surface area contributed by atoms with Crippen LogP contribution >= 0.6 is 11.6 Å². The molecule has 0 bridgehead atoms. The van der Waals surface area contributed by atoms with Crippen LogP contribution in [0.5, 0.6) is 17.4 Å². The minimum absolute atomic E-state index is 0.115. The van der Waals surface area contributed by atoms with E-state index >= 15 is 0 Å². The second-order valence-electron chi connectivity index (χ2n) is 5.27. The minimum atomic E-state index is -4.54. The van der Waals surface area contributed by atoms with Gasteiger partial charge in [0.15, 0.2) is 11.6 Å². The lowest BCUT2D eigenvalue weighted by Crippen LogP contribution is -2.05. The van der Waals surface area contributed by atoms with Crippen LogP contribution in [-0.4, -0.2) is 10.1 Å². The molecule has 1 heterocycles. The van der Waals surface area contributed by atoms with Crippen molar-refractivity contribution >= 4 is 11.6 Å². The summed E-state index contributed by atoms with van der Waals surface area (Å²) >= 11 is 5.72. The molecule has 0 aliphatic carbocycles. The zero-order valence-corrected chi connectivity index (χ0v) is 13.6. The Balaban J connectivity index is 1.89. The molecule has 1 N–H and O–H groups in total. The molecular weight excluding hydrogens is 374 g/mol. The number of pyridine rings is 1. The third-order valence-corrected chi connectivity index (χ3v) is 3.75. The van der Waals surface area contributed by atoms with Gasteiger partial charge in [0.25, 0.3) is 0 Å². The third kappa shape index (κ3) is 3.88. The zero-order chi connectivity index (χ0) is 18.9. The van der Waals surface area contributed by atoms with Gasteiger partial charge < -0.3 is 9.84 Å². The number of aromatic nitrogens is 1. The smallest absolute Gasteiger partial charge is 0.417 e. The lowest BCUT2D eigenvalue weighted by molar-refractivity contribution is -0.137. The van der Waals surface area contributed by atoms with Crippen LogP contribution in [0.4, 0.5) is 17.6 Å². The van der Waals surface area contributed by atoms with Crippen molar-refractivity contribution in [1.82, 2.24) is 4.98 Å². The highest BCUT2D eigenvalue weighted by Gasteiger charge is 2.33. The van der Waals surface area contributed by atoms with E-state index < -0.39 is 28.3 Å². The second kappa shape index (κ2) is 6.84. The van der Waals surface area contributed by atoms with Crippen LogP contribution in [0.3, 0.4) is 0 Å². The van der Waals surface area contributed by atoms with Crippen molar-refractivity contribution in [3.05, 3.63) is 71.0 Å². The zero-order valence-electron chi connectivity index (χ0n) is 12.9. The van der Waals surface area contributed by atoms with Gasteiger partial charge in [0, 0.05) is 17.7 Å². The first kappa shape index (κ1) is 18.0. The fourth-order valence-corrected chi connectivity index (χ4v) is 2.50. The minimum Gasteiger partial charge on any atom is -0.505 e. The van der Waals surface area contributed by atoms with E-state index in [1.165, 1.54) is 24.3 Å². The molecule has 0 aliphatic heterocycles. The van der Waals surface area contributed by atoms with E-state index in [0.717, 1.165) is 18.2 Å². The molecule has 3 rings (SSSR count). The van der Waals surface area contributed by atoms with Crippen molar-refractivity contribution in [3.63, 3.8) is 0 Å². The average molecular weight is 384 g/mol. The molecular formula is C18H10ClF4NO2. The number of rotatable bonds is 3. The molecule has 8 heteroatoms. The molecule has 0 saturated heterocycles. The molecule has 0 fully saturated rings. The Labute approximate surface area is 150 Å². The molecule has 1 aromatic heterocycles. The Kier molecular flexibility index (Phi) is 4.73. The summed E-state index contributed by atoms with van der Waals surface area (Å²) in [6.45, 7) is 0. The highest BCUT2D eigenvalue weighted by atomic mass is 35.5. The first-order valence-electron chi connectivity index (χ1n) is 7.24. The molecule has 134 valence electrons. The highest BCUT2D eigenvalue weighted by molar-refractivity contribution is 6.31. The number of aromatic hydroxyl groups is 1. The number of ether oxygens (including phenoxy) is 1. The molecule has 0 spiro atoms. The largest absolute Gasteiger partial charge is 0.505 e. The van der Waals surface area contributed by atoms with Crippen LogP contribution in [0, 0.1) is 5.82 Å². The van der Waals surface area contributed by atoms with Crippen molar-refractivity contribution in [3.8, 4) is 28.6 Å². The van der Waals surface area contributed by atoms with Crippen LogP contribution in [-0.2, 0) is 6.18 Å². The van der Waals surface area contributed by atoms with Gasteiger partial charge in [-0.15, -0.1) is 0 Å². The highest BCUT2D eigenvalue weighted by Crippen LogP contribution is 2.37. The topological polar surface area (TPSA) is 42.4 Å². The van der Waals surface area contributed by atoms with Crippen LogP contribution in [0.1, 0.15) is 5.56 Å². The number of alkyl halides is 3. The van der Waals surface area contributed by atoms with Gasteiger partial charge in [-0.1, -0.05) is 23.7 Å². The van der Waals surface area contributed by atoms with Crippen LogP contribution in [0.2, 0.25) is 5.02 Å². The third-order valence-electron chi connectivity index (χ3n) is 3.43. The number of hydrogen-bond acceptors (Lipinski definition) is 3. The fraction of sp³-hybridized carbons (Fsp3) is 0.0556. The van der Waals surface area contributed by atoms with Crippen molar-refractivity contribution < 1.29 is 27.4 Å². The standard InChI is InChI=1S/C18H10ClF4NO2/c19-13-8-10(4-6-12(13)18(21,22)23)15-2-1-3-17(24-15)26-11-5-7-14(20)16(25)9-11/h1-9,25H. The Hall–Kier alpha value is -2.80. The number of phenols is 1. The van der Waals surface area contributed by atoms with E-state index in [-0.39, 0.29) is 11.6 Å². The van der Waals surface area contributed by atoms with Crippen LogP contribution < -0.4 is 4.74 Å². The van der Waals surface area contributed by atoms with Gasteiger partial charge >= 0.3 is 6.18 Å². The SMILES string of the molecule is Oc1cc(Oc2cccc(-c3ccc(C(F)(F)F)c(Cl)c3)n2)ccc1F. The summed E-state index contributed by atoms with van der Waals surface area (Å²) in [6.07, 6.45) is -4.54. The normalized spacial score (nSPS) is 11.4. The summed E-state index contributed by atoms with van der Waals surface area (Å²) in [5, 5.41) is 8.91.